The standard InChI is InChI=1S/C42H50N/c1-9-28(10-2)32-22-33(29(11-3)12-4)25-42(24-32)36-23-30-15-13-14-16-34(30)39-38(36)40-37-31(17-18-43(40)42)20-27(19-26(5)6)21-35(37)41(39,7)8/h13-18,20-24,26,28-29H,9-12,19,25H2,1-8H3/q+1. The Morgan fingerprint density at radius 1 is 0.814 bits per heavy atom. The van der Waals surface area contributed by atoms with Gasteiger partial charge in [-0.3, -0.25) is 0 Å². The van der Waals surface area contributed by atoms with E-state index in [-0.39, 0.29) is 11.0 Å². The molecule has 3 aromatic carbocycles. The van der Waals surface area contributed by atoms with Crippen molar-refractivity contribution in [3.63, 3.8) is 0 Å². The van der Waals surface area contributed by atoms with Crippen molar-refractivity contribution >= 4 is 21.5 Å². The second kappa shape index (κ2) is 10.2. The van der Waals surface area contributed by atoms with Crippen molar-refractivity contribution in [3.8, 4) is 11.3 Å². The van der Waals surface area contributed by atoms with Crippen LogP contribution in [0.5, 0.6) is 0 Å². The number of benzene rings is 3. The Morgan fingerprint density at radius 2 is 1.53 bits per heavy atom. The van der Waals surface area contributed by atoms with Gasteiger partial charge in [-0.05, 0) is 100 Å². The Balaban J connectivity index is 1.64. The average molecular weight is 569 g/mol. The molecule has 0 saturated carbocycles. The van der Waals surface area contributed by atoms with Gasteiger partial charge in [0.15, 0.2) is 6.20 Å². The summed E-state index contributed by atoms with van der Waals surface area (Å²) in [4.78, 5) is 0. The lowest BCUT2D eigenvalue weighted by atomic mass is 9.65. The molecule has 1 spiro atoms. The first kappa shape index (κ1) is 28.6. The molecule has 2 aliphatic carbocycles. The van der Waals surface area contributed by atoms with E-state index in [1.807, 2.05) is 0 Å². The highest BCUT2D eigenvalue weighted by Crippen LogP contribution is 2.58. The van der Waals surface area contributed by atoms with Gasteiger partial charge in [-0.25, -0.2) is 0 Å². The fourth-order valence-corrected chi connectivity index (χ4v) is 9.32. The van der Waals surface area contributed by atoms with Crippen LogP contribution in [0.4, 0.5) is 0 Å². The molecule has 2 heterocycles. The molecule has 0 radical (unpaired) electrons. The van der Waals surface area contributed by atoms with Gasteiger partial charge in [0.25, 0.3) is 0 Å². The first-order chi connectivity index (χ1) is 20.7. The summed E-state index contributed by atoms with van der Waals surface area (Å²) in [7, 11) is 0. The number of pyridine rings is 1. The van der Waals surface area contributed by atoms with Crippen LogP contribution in [0.2, 0.25) is 0 Å². The zero-order valence-corrected chi connectivity index (χ0v) is 27.8. The third-order valence-electron chi connectivity index (χ3n) is 11.4. The summed E-state index contributed by atoms with van der Waals surface area (Å²) in [6, 6.07) is 19.3. The zero-order chi connectivity index (χ0) is 30.3. The van der Waals surface area contributed by atoms with Crippen LogP contribution in [0.3, 0.4) is 0 Å². The quantitative estimate of drug-likeness (QED) is 0.186. The average Bonchev–Trinajstić information content (AvgIpc) is 3.24. The molecule has 1 unspecified atom stereocenters. The van der Waals surface area contributed by atoms with Crippen molar-refractivity contribution in [3.05, 3.63) is 100 Å². The van der Waals surface area contributed by atoms with E-state index in [1.165, 1.54) is 80.7 Å². The third-order valence-corrected chi connectivity index (χ3v) is 11.4. The molecule has 3 aliphatic rings. The third kappa shape index (κ3) is 3.99. The number of hydrogen-bond acceptors (Lipinski definition) is 0. The summed E-state index contributed by atoms with van der Waals surface area (Å²) in [5.74, 6) is 1.85. The number of fused-ring (bicyclic) bond motifs is 4. The number of hydrogen-bond donors (Lipinski definition) is 0. The highest BCUT2D eigenvalue weighted by Gasteiger charge is 2.56. The zero-order valence-electron chi connectivity index (χ0n) is 27.8. The molecule has 43 heavy (non-hydrogen) atoms. The topological polar surface area (TPSA) is 3.88 Å². The largest absolute Gasteiger partial charge is 0.222 e. The molecule has 0 bridgehead atoms. The van der Waals surface area contributed by atoms with Crippen LogP contribution in [0.25, 0.3) is 32.8 Å². The Bertz CT molecular complexity index is 1820. The van der Waals surface area contributed by atoms with E-state index < -0.39 is 0 Å². The van der Waals surface area contributed by atoms with E-state index >= 15 is 0 Å². The molecule has 1 atom stereocenters. The van der Waals surface area contributed by atoms with Gasteiger partial charge in [0.2, 0.25) is 11.2 Å². The van der Waals surface area contributed by atoms with E-state index in [2.05, 4.69) is 127 Å². The lowest BCUT2D eigenvalue weighted by Gasteiger charge is -2.34. The number of nitrogens with zero attached hydrogens (tertiary/aromatic N) is 1. The molecular formula is C42H50N+. The van der Waals surface area contributed by atoms with Crippen LogP contribution in [0, 0.1) is 17.8 Å². The lowest BCUT2D eigenvalue weighted by Crippen LogP contribution is -2.55. The molecular weight excluding hydrogens is 518 g/mol. The van der Waals surface area contributed by atoms with Gasteiger partial charge < -0.3 is 0 Å². The first-order valence-corrected chi connectivity index (χ1v) is 17.2. The van der Waals surface area contributed by atoms with E-state index in [9.17, 15) is 0 Å². The fourth-order valence-electron chi connectivity index (χ4n) is 9.32. The van der Waals surface area contributed by atoms with E-state index in [0.29, 0.717) is 17.8 Å². The van der Waals surface area contributed by atoms with Gasteiger partial charge in [0, 0.05) is 23.5 Å². The maximum atomic E-state index is 2.74. The summed E-state index contributed by atoms with van der Waals surface area (Å²) in [6.07, 6.45) is 14.8. The van der Waals surface area contributed by atoms with Gasteiger partial charge >= 0.3 is 0 Å². The number of aromatic nitrogens is 1. The van der Waals surface area contributed by atoms with E-state index in [1.54, 1.807) is 11.1 Å². The second-order valence-corrected chi connectivity index (χ2v) is 14.8. The van der Waals surface area contributed by atoms with Gasteiger partial charge in [0.05, 0.1) is 10.9 Å². The number of rotatable bonds is 8. The normalized spacial score (nSPS) is 19.8. The minimum Gasteiger partial charge on any atom is -0.184 e. The Morgan fingerprint density at radius 3 is 2.23 bits per heavy atom. The van der Waals surface area contributed by atoms with Crippen molar-refractivity contribution in [1.82, 2.24) is 0 Å². The summed E-state index contributed by atoms with van der Waals surface area (Å²) in [5, 5.41) is 5.69. The molecule has 1 heteroatoms. The van der Waals surface area contributed by atoms with Crippen molar-refractivity contribution in [2.75, 3.05) is 0 Å². The van der Waals surface area contributed by atoms with Crippen LogP contribution >= 0.6 is 0 Å². The van der Waals surface area contributed by atoms with Crippen molar-refractivity contribution in [2.24, 2.45) is 17.8 Å². The highest BCUT2D eigenvalue weighted by molar-refractivity contribution is 6.07. The monoisotopic (exact) mass is 568 g/mol. The minimum atomic E-state index is -0.198. The summed E-state index contributed by atoms with van der Waals surface area (Å²) < 4.78 is 2.74. The van der Waals surface area contributed by atoms with Gasteiger partial charge in [-0.2, -0.15) is 4.57 Å². The lowest BCUT2D eigenvalue weighted by molar-refractivity contribution is -0.726. The Hall–Kier alpha value is -3.19. The highest BCUT2D eigenvalue weighted by atomic mass is 15.1. The molecule has 0 fully saturated rings. The fraction of sp³-hybridized carbons (Fsp3) is 0.452. The molecule has 1 aromatic heterocycles. The predicted molar refractivity (Wildman–Crippen MR) is 184 cm³/mol. The number of allylic oxidation sites excluding steroid dienone is 4. The minimum absolute atomic E-state index is 0.0987. The molecule has 0 N–H and O–H groups in total. The van der Waals surface area contributed by atoms with Crippen molar-refractivity contribution < 1.29 is 4.57 Å². The van der Waals surface area contributed by atoms with Crippen LogP contribution in [0.1, 0.15) is 110 Å². The van der Waals surface area contributed by atoms with Gasteiger partial charge in [0.1, 0.15) is 0 Å². The maximum absolute atomic E-state index is 2.74. The molecule has 0 amide bonds. The second-order valence-electron chi connectivity index (χ2n) is 14.8. The molecule has 1 aliphatic heterocycles. The van der Waals surface area contributed by atoms with Crippen LogP contribution in [0.15, 0.2) is 78.0 Å². The SMILES string of the molecule is CCC(CC)C1=CC2(CC(C(CC)CC)=C1)c1cc3ccccc3c3c1-c1c4c(cc(CC(C)C)cc4cc[n+]12)C3(C)C. The summed E-state index contributed by atoms with van der Waals surface area (Å²) in [6.45, 7) is 19.2. The predicted octanol–water partition coefficient (Wildman–Crippen LogP) is 11.0. The maximum Gasteiger partial charge on any atom is 0.222 e. The van der Waals surface area contributed by atoms with Crippen LogP contribution in [-0.4, -0.2) is 0 Å². The van der Waals surface area contributed by atoms with Crippen molar-refractivity contribution in [2.45, 2.75) is 105 Å². The Kier molecular flexibility index (Phi) is 6.77. The van der Waals surface area contributed by atoms with Crippen molar-refractivity contribution in [1.29, 1.82) is 0 Å². The van der Waals surface area contributed by atoms with Crippen LogP contribution in [-0.2, 0) is 17.4 Å². The van der Waals surface area contributed by atoms with Crippen LogP contribution < -0.4 is 4.57 Å². The molecule has 7 rings (SSSR count). The first-order valence-electron chi connectivity index (χ1n) is 17.2. The van der Waals surface area contributed by atoms with E-state index in [0.717, 1.165) is 12.8 Å². The Labute approximate surface area is 259 Å². The van der Waals surface area contributed by atoms with Gasteiger partial charge in [-0.1, -0.05) is 103 Å². The summed E-state index contributed by atoms with van der Waals surface area (Å²) >= 11 is 0. The molecule has 222 valence electrons. The molecule has 0 saturated heterocycles. The summed E-state index contributed by atoms with van der Waals surface area (Å²) in [5.41, 5.74) is 11.9. The van der Waals surface area contributed by atoms with E-state index in [4.69, 9.17) is 0 Å². The van der Waals surface area contributed by atoms with Gasteiger partial charge in [-0.15, -0.1) is 0 Å². The molecule has 1 nitrogen and oxygen atoms in total. The smallest absolute Gasteiger partial charge is 0.184 e. The molecule has 4 aromatic rings.